The van der Waals surface area contributed by atoms with E-state index in [9.17, 15) is 9.18 Å². The average Bonchev–Trinajstić information content (AvgIpc) is 2.99. The van der Waals surface area contributed by atoms with Gasteiger partial charge in [-0.2, -0.15) is 10.4 Å². The Morgan fingerprint density at radius 1 is 1.52 bits per heavy atom. The number of hydrogen-bond acceptors (Lipinski definition) is 4. The van der Waals surface area contributed by atoms with Gasteiger partial charge in [-0.3, -0.25) is 9.48 Å². The van der Waals surface area contributed by atoms with Crippen LogP contribution >= 0.6 is 0 Å². The number of likely N-dealkylation sites (N-methyl/N-ethyl adjacent to an activating group) is 1. The van der Waals surface area contributed by atoms with Crippen LogP contribution in [0.1, 0.15) is 23.6 Å². The molecular weight excluding hydrogens is 321 g/mol. The summed E-state index contributed by atoms with van der Waals surface area (Å²) in [5.41, 5.74) is 1.79. The van der Waals surface area contributed by atoms with Gasteiger partial charge in [0.15, 0.2) is 0 Å². The summed E-state index contributed by atoms with van der Waals surface area (Å²) < 4.78 is 15.6. The molecule has 6 nitrogen and oxygen atoms in total. The fourth-order valence-electron chi connectivity index (χ4n) is 2.42. The van der Waals surface area contributed by atoms with Crippen molar-refractivity contribution in [1.29, 1.82) is 5.26 Å². The Balaban J connectivity index is 1.85. The summed E-state index contributed by atoms with van der Waals surface area (Å²) in [4.78, 5) is 13.7. The van der Waals surface area contributed by atoms with Crippen molar-refractivity contribution in [2.75, 3.05) is 13.6 Å². The molecule has 0 aliphatic rings. The van der Waals surface area contributed by atoms with E-state index in [0.717, 1.165) is 5.56 Å². The van der Waals surface area contributed by atoms with Crippen LogP contribution in [0.2, 0.25) is 0 Å². The number of amides is 1. The number of benzene rings is 1. The molecule has 7 heteroatoms. The van der Waals surface area contributed by atoms with Gasteiger partial charge in [0.1, 0.15) is 5.82 Å². The first kappa shape index (κ1) is 18.6. The smallest absolute Gasteiger partial charge is 0.236 e. The number of aromatic nitrogens is 2. The number of nitriles is 1. The van der Waals surface area contributed by atoms with E-state index in [-0.39, 0.29) is 25.0 Å². The van der Waals surface area contributed by atoms with Crippen molar-refractivity contribution in [3.8, 4) is 6.07 Å². The number of carbonyl (C=O) groups excluding carboxylic acids is 1. The quantitative estimate of drug-likeness (QED) is 0.832. The molecular formula is C18H22FN5O. The highest BCUT2D eigenvalue weighted by Crippen LogP contribution is 2.12. The Bertz CT molecular complexity index is 780. The summed E-state index contributed by atoms with van der Waals surface area (Å²) in [6.45, 7) is 4.87. The van der Waals surface area contributed by atoms with Crippen molar-refractivity contribution in [2.45, 2.75) is 33.0 Å². The predicted octanol–water partition coefficient (Wildman–Crippen LogP) is 1.84. The molecule has 0 spiro atoms. The zero-order chi connectivity index (χ0) is 18.4. The molecule has 132 valence electrons. The first-order chi connectivity index (χ1) is 11.9. The van der Waals surface area contributed by atoms with E-state index < -0.39 is 5.82 Å². The normalized spacial score (nSPS) is 11.8. The number of rotatable bonds is 7. The molecule has 2 aromatic rings. The number of hydrogen-bond donors (Lipinski definition) is 1. The molecule has 0 aliphatic heterocycles. The molecule has 1 N–H and O–H groups in total. The SMILES string of the molecule is Cc1cnn(C[C@H](C)NCC(=O)N(C)Cc2cc(C#N)ccc2F)c1. The van der Waals surface area contributed by atoms with Gasteiger partial charge in [-0.15, -0.1) is 0 Å². The van der Waals surface area contributed by atoms with Gasteiger partial charge in [-0.05, 0) is 37.6 Å². The van der Waals surface area contributed by atoms with Crippen LogP contribution in [0.25, 0.3) is 0 Å². The number of nitrogens with zero attached hydrogens (tertiary/aromatic N) is 4. The van der Waals surface area contributed by atoms with Gasteiger partial charge in [0.2, 0.25) is 5.91 Å². The molecule has 0 fully saturated rings. The molecule has 1 amide bonds. The van der Waals surface area contributed by atoms with Gasteiger partial charge >= 0.3 is 0 Å². The molecule has 1 aromatic heterocycles. The lowest BCUT2D eigenvalue weighted by molar-refractivity contribution is -0.129. The van der Waals surface area contributed by atoms with Gasteiger partial charge in [-0.25, -0.2) is 4.39 Å². The molecule has 0 unspecified atom stereocenters. The molecule has 0 radical (unpaired) electrons. The molecule has 1 aromatic carbocycles. The van der Waals surface area contributed by atoms with Gasteiger partial charge in [0, 0.05) is 31.4 Å². The van der Waals surface area contributed by atoms with Crippen LogP contribution in [-0.4, -0.2) is 40.2 Å². The minimum absolute atomic E-state index is 0.0651. The second kappa shape index (κ2) is 8.40. The minimum atomic E-state index is -0.422. The standard InChI is InChI=1S/C18H22FN5O/c1-13-8-22-24(10-13)11-14(2)21-9-18(25)23(3)12-16-6-15(7-20)4-5-17(16)19/h4-6,8,10,14,21H,9,11-12H2,1-3H3/t14-/m0/s1. The highest BCUT2D eigenvalue weighted by atomic mass is 19.1. The van der Waals surface area contributed by atoms with Crippen LogP contribution in [0.4, 0.5) is 4.39 Å². The van der Waals surface area contributed by atoms with Crippen LogP contribution in [0.15, 0.2) is 30.6 Å². The first-order valence-corrected chi connectivity index (χ1v) is 8.04. The molecule has 1 heterocycles. The highest BCUT2D eigenvalue weighted by molar-refractivity contribution is 5.78. The summed E-state index contributed by atoms with van der Waals surface area (Å²) in [7, 11) is 1.62. The predicted molar refractivity (Wildman–Crippen MR) is 92.0 cm³/mol. The highest BCUT2D eigenvalue weighted by Gasteiger charge is 2.14. The summed E-state index contributed by atoms with van der Waals surface area (Å²) >= 11 is 0. The van der Waals surface area contributed by atoms with Crippen molar-refractivity contribution in [3.05, 3.63) is 53.1 Å². The van der Waals surface area contributed by atoms with Crippen molar-refractivity contribution < 1.29 is 9.18 Å². The molecule has 0 saturated heterocycles. The zero-order valence-electron chi connectivity index (χ0n) is 14.7. The summed E-state index contributed by atoms with van der Waals surface area (Å²) in [6.07, 6.45) is 3.73. The lowest BCUT2D eigenvalue weighted by atomic mass is 10.1. The summed E-state index contributed by atoms with van der Waals surface area (Å²) in [6, 6.07) is 6.17. The zero-order valence-corrected chi connectivity index (χ0v) is 14.7. The number of nitrogens with one attached hydrogen (secondary N) is 1. The largest absolute Gasteiger partial charge is 0.340 e. The summed E-state index contributed by atoms with van der Waals surface area (Å²) in [5, 5.41) is 16.3. The monoisotopic (exact) mass is 343 g/mol. The van der Waals surface area contributed by atoms with Crippen molar-refractivity contribution >= 4 is 5.91 Å². The first-order valence-electron chi connectivity index (χ1n) is 8.04. The third-order valence-corrected chi connectivity index (χ3v) is 3.83. The van der Waals surface area contributed by atoms with Crippen LogP contribution in [0.5, 0.6) is 0 Å². The Labute approximate surface area is 146 Å². The van der Waals surface area contributed by atoms with Crippen LogP contribution < -0.4 is 5.32 Å². The Hall–Kier alpha value is -2.72. The maximum absolute atomic E-state index is 13.8. The van der Waals surface area contributed by atoms with Gasteiger partial charge in [0.25, 0.3) is 0 Å². The molecule has 0 saturated carbocycles. The second-order valence-electron chi connectivity index (χ2n) is 6.19. The van der Waals surface area contributed by atoms with Gasteiger partial charge in [-0.1, -0.05) is 0 Å². The van der Waals surface area contributed by atoms with Crippen molar-refractivity contribution in [2.24, 2.45) is 0 Å². The maximum atomic E-state index is 13.8. The third-order valence-electron chi connectivity index (χ3n) is 3.83. The maximum Gasteiger partial charge on any atom is 0.236 e. The van der Waals surface area contributed by atoms with E-state index in [0.29, 0.717) is 17.7 Å². The fraction of sp³-hybridized carbons (Fsp3) is 0.389. The van der Waals surface area contributed by atoms with Crippen LogP contribution in [0.3, 0.4) is 0 Å². The van der Waals surface area contributed by atoms with Crippen molar-refractivity contribution in [1.82, 2.24) is 20.0 Å². The second-order valence-corrected chi connectivity index (χ2v) is 6.19. The Kier molecular flexibility index (Phi) is 6.25. The van der Waals surface area contributed by atoms with Crippen LogP contribution in [0, 0.1) is 24.1 Å². The van der Waals surface area contributed by atoms with E-state index in [1.54, 1.807) is 13.2 Å². The molecule has 0 bridgehead atoms. The molecule has 1 atom stereocenters. The topological polar surface area (TPSA) is 74.0 Å². The minimum Gasteiger partial charge on any atom is -0.340 e. The molecule has 0 aliphatic carbocycles. The lowest BCUT2D eigenvalue weighted by Gasteiger charge is -2.20. The molecule has 2 rings (SSSR count). The van der Waals surface area contributed by atoms with E-state index in [2.05, 4.69) is 10.4 Å². The number of halogens is 1. The Morgan fingerprint density at radius 3 is 2.92 bits per heavy atom. The van der Waals surface area contributed by atoms with E-state index in [1.165, 1.54) is 23.1 Å². The van der Waals surface area contributed by atoms with Gasteiger partial charge < -0.3 is 10.2 Å². The van der Waals surface area contributed by atoms with Gasteiger partial charge in [0.05, 0.1) is 30.9 Å². The fourth-order valence-corrected chi connectivity index (χ4v) is 2.42. The Morgan fingerprint density at radius 2 is 2.28 bits per heavy atom. The van der Waals surface area contributed by atoms with E-state index in [1.807, 2.05) is 30.8 Å². The van der Waals surface area contributed by atoms with Crippen molar-refractivity contribution in [3.63, 3.8) is 0 Å². The average molecular weight is 343 g/mol. The van der Waals surface area contributed by atoms with E-state index >= 15 is 0 Å². The van der Waals surface area contributed by atoms with E-state index in [4.69, 9.17) is 5.26 Å². The number of aryl methyl sites for hydroxylation is 1. The lowest BCUT2D eigenvalue weighted by Crippen LogP contribution is -2.40. The number of carbonyl (C=O) groups is 1. The summed E-state index contributed by atoms with van der Waals surface area (Å²) in [5.74, 6) is -0.570. The van der Waals surface area contributed by atoms with Crippen LogP contribution in [-0.2, 0) is 17.9 Å². The molecule has 25 heavy (non-hydrogen) atoms. The third kappa shape index (κ3) is 5.40.